The molecule has 25 atom stereocenters. The number of aliphatic hydroxyl groups excluding tert-OH is 12. The molecule has 69 heavy (non-hydrogen) atoms. The van der Waals surface area contributed by atoms with Crippen LogP contribution in [0.25, 0.3) is 0 Å². The molecule has 24 heteroatoms. The Kier molecular flexibility index (Phi) is 23.5. The van der Waals surface area contributed by atoms with Crippen LogP contribution in [0.4, 0.5) is 0 Å². The van der Waals surface area contributed by atoms with Crippen molar-refractivity contribution in [2.75, 3.05) is 13.2 Å². The lowest BCUT2D eigenvalue weighted by Gasteiger charge is -2.50. The van der Waals surface area contributed by atoms with Gasteiger partial charge >= 0.3 is 5.97 Å². The van der Waals surface area contributed by atoms with Crippen LogP contribution in [0.1, 0.15) is 111 Å². The topological polar surface area (TPSA) is 372 Å². The van der Waals surface area contributed by atoms with E-state index in [1.54, 1.807) is 0 Å². The van der Waals surface area contributed by atoms with Gasteiger partial charge in [-0.2, -0.15) is 0 Å². The van der Waals surface area contributed by atoms with E-state index in [9.17, 15) is 66.1 Å². The lowest BCUT2D eigenvalue weighted by atomic mass is 9.95. The summed E-state index contributed by atoms with van der Waals surface area (Å²) in [6.07, 6.45) is -27.9. The second-order valence-corrected chi connectivity index (χ2v) is 19.1. The maximum absolute atomic E-state index is 11.9. The number of aliphatic hydroxyl groups is 12. The lowest BCUT2D eigenvalue weighted by Crippen LogP contribution is -2.67. The molecular formula is C45H80O24. The molecule has 404 valence electrons. The zero-order chi connectivity index (χ0) is 50.7. The van der Waals surface area contributed by atoms with Gasteiger partial charge in [-0.05, 0) is 40.0 Å². The van der Waals surface area contributed by atoms with E-state index in [2.05, 4.69) is 6.92 Å². The van der Waals surface area contributed by atoms with Gasteiger partial charge in [-0.1, -0.05) is 64.7 Å². The van der Waals surface area contributed by atoms with Crippen molar-refractivity contribution in [2.24, 2.45) is 0 Å². The fourth-order valence-corrected chi connectivity index (χ4v) is 9.33. The summed E-state index contributed by atoms with van der Waals surface area (Å²) in [5.74, 6) is -0.793. The van der Waals surface area contributed by atoms with Gasteiger partial charge in [0.05, 0.1) is 37.6 Å². The van der Waals surface area contributed by atoms with Gasteiger partial charge in [0, 0.05) is 6.42 Å². The van der Waals surface area contributed by atoms with E-state index >= 15 is 0 Å². The molecule has 5 rings (SSSR count). The quantitative estimate of drug-likeness (QED) is 0.0416. The average molecular weight is 1010 g/mol. The zero-order valence-corrected chi connectivity index (χ0v) is 39.8. The SMILES string of the molecule is CCCCC[C@H](CCCCCCCCCC(=O)O)O[C@H]1OC[C@@H](O)[C@H](O)[C@H]1O[C@@H]1OC(C)[C@H](O[C@H]2O[C@@H](C)[C@H](O[C@@H]3O[C@H](C)[C@H](O)[C@@H](O)[C@@H]3O)[C@@H](O[C@@H]3O[C@H](CO)[C@@H](O)[C@H](O)C3O)[C@@H]2O)[C@H](O)[C@@H]1O. The van der Waals surface area contributed by atoms with Crippen LogP contribution in [-0.2, 0) is 52.2 Å². The van der Waals surface area contributed by atoms with Crippen LogP contribution < -0.4 is 0 Å². The molecule has 0 aromatic carbocycles. The molecule has 5 saturated heterocycles. The second kappa shape index (κ2) is 27.8. The molecule has 0 bridgehead atoms. The minimum absolute atomic E-state index is 0.167. The second-order valence-electron chi connectivity index (χ2n) is 19.1. The molecule has 0 aromatic rings. The summed E-state index contributed by atoms with van der Waals surface area (Å²) in [6.45, 7) is 5.31. The Bertz CT molecular complexity index is 1480. The first kappa shape index (κ1) is 58.5. The highest BCUT2D eigenvalue weighted by Crippen LogP contribution is 2.37. The predicted octanol–water partition coefficient (Wildman–Crippen LogP) is -2.63. The smallest absolute Gasteiger partial charge is 0.303 e. The predicted molar refractivity (Wildman–Crippen MR) is 232 cm³/mol. The third-order valence-corrected chi connectivity index (χ3v) is 13.7. The van der Waals surface area contributed by atoms with Gasteiger partial charge in [0.1, 0.15) is 97.7 Å². The number of carboxylic acids is 1. The fraction of sp³-hybridized carbons (Fsp3) is 0.978. The van der Waals surface area contributed by atoms with Crippen LogP contribution >= 0.6 is 0 Å². The van der Waals surface area contributed by atoms with Crippen LogP contribution in [0.2, 0.25) is 0 Å². The van der Waals surface area contributed by atoms with Crippen molar-refractivity contribution in [1.82, 2.24) is 0 Å². The van der Waals surface area contributed by atoms with Crippen LogP contribution in [0.15, 0.2) is 0 Å². The molecule has 5 aliphatic rings. The lowest BCUT2D eigenvalue weighted by molar-refractivity contribution is -0.399. The number of carboxylic acid groups (broad SMARTS) is 1. The third kappa shape index (κ3) is 15.3. The van der Waals surface area contributed by atoms with E-state index < -0.39 is 160 Å². The molecule has 5 fully saturated rings. The number of unbranched alkanes of at least 4 members (excludes halogenated alkanes) is 8. The number of hydrogen-bond donors (Lipinski definition) is 13. The highest BCUT2D eigenvalue weighted by molar-refractivity contribution is 5.66. The van der Waals surface area contributed by atoms with Crippen LogP contribution in [0.3, 0.4) is 0 Å². The third-order valence-electron chi connectivity index (χ3n) is 13.7. The van der Waals surface area contributed by atoms with E-state index in [1.807, 2.05) is 0 Å². The summed E-state index contributed by atoms with van der Waals surface area (Å²) in [7, 11) is 0. The Morgan fingerprint density at radius 3 is 1.58 bits per heavy atom. The minimum atomic E-state index is -1.95. The maximum atomic E-state index is 11.9. The Labute approximate surface area is 401 Å². The van der Waals surface area contributed by atoms with Gasteiger partial charge < -0.3 is 114 Å². The molecule has 2 unspecified atom stereocenters. The van der Waals surface area contributed by atoms with E-state index in [0.29, 0.717) is 19.3 Å². The average Bonchev–Trinajstić information content (AvgIpc) is 3.31. The van der Waals surface area contributed by atoms with Crippen molar-refractivity contribution >= 4 is 5.97 Å². The molecule has 0 aromatic heterocycles. The van der Waals surface area contributed by atoms with Gasteiger partial charge in [0.2, 0.25) is 0 Å². The van der Waals surface area contributed by atoms with Crippen molar-refractivity contribution in [3.05, 3.63) is 0 Å². The summed E-state index contributed by atoms with van der Waals surface area (Å²) in [6, 6.07) is 0. The first-order valence-electron chi connectivity index (χ1n) is 24.6. The molecule has 0 aliphatic carbocycles. The highest BCUT2D eigenvalue weighted by atomic mass is 16.8. The molecule has 0 radical (unpaired) electrons. The number of rotatable bonds is 25. The Morgan fingerprint density at radius 2 is 0.971 bits per heavy atom. The first-order valence-corrected chi connectivity index (χ1v) is 24.6. The van der Waals surface area contributed by atoms with E-state index in [4.69, 9.17) is 52.5 Å². The number of hydrogen-bond acceptors (Lipinski definition) is 23. The van der Waals surface area contributed by atoms with E-state index in [-0.39, 0.29) is 19.1 Å². The van der Waals surface area contributed by atoms with Gasteiger partial charge in [-0.3, -0.25) is 4.79 Å². The molecule has 13 N–H and O–H groups in total. The summed E-state index contributed by atoms with van der Waals surface area (Å²) in [4.78, 5) is 10.8. The van der Waals surface area contributed by atoms with Crippen molar-refractivity contribution in [3.63, 3.8) is 0 Å². The van der Waals surface area contributed by atoms with Crippen LogP contribution in [0.5, 0.6) is 0 Å². The molecule has 5 aliphatic heterocycles. The molecule has 24 nitrogen and oxygen atoms in total. The molecular weight excluding hydrogens is 924 g/mol. The van der Waals surface area contributed by atoms with E-state index in [0.717, 1.165) is 57.8 Å². The standard InChI is InChI=1S/C45H80O24/c1-5-6-12-15-23(16-13-10-8-7-9-11-14-17-26(48)49)64-45-40(28(51)24(47)19-60-45)69-42-35(58)32(55)37(21(3)62-42)66-44-36(59)39(68-43-34(57)31(54)29(52)25(18-46)65-43)38(22(4)63-44)67-41-33(56)30(53)27(50)20(2)61-41/h20-25,27-47,50-59H,5-19H2,1-4H3,(H,48,49)/t20-,21?,22+,23-,24-,25-,27+,28+,29-,30-,31+,32-,33+,34?,35+,36+,37+,38+,39+,40-,41+,42+,43+,44-,45-/m1/s1. The number of aliphatic carboxylic acids is 1. The largest absolute Gasteiger partial charge is 0.481 e. The minimum Gasteiger partial charge on any atom is -0.481 e. The monoisotopic (exact) mass is 1000 g/mol. The summed E-state index contributed by atoms with van der Waals surface area (Å²) in [5, 5.41) is 139. The summed E-state index contributed by atoms with van der Waals surface area (Å²) >= 11 is 0. The van der Waals surface area contributed by atoms with Crippen LogP contribution in [-0.4, -0.2) is 239 Å². The number of ether oxygens (including phenoxy) is 10. The molecule has 0 amide bonds. The van der Waals surface area contributed by atoms with Crippen molar-refractivity contribution in [3.8, 4) is 0 Å². The molecule has 0 spiro atoms. The Hall–Kier alpha value is -1.41. The van der Waals surface area contributed by atoms with E-state index in [1.165, 1.54) is 20.8 Å². The summed E-state index contributed by atoms with van der Waals surface area (Å²) < 4.78 is 59.6. The van der Waals surface area contributed by atoms with Gasteiger partial charge in [-0.25, -0.2) is 0 Å². The van der Waals surface area contributed by atoms with Crippen LogP contribution in [0, 0.1) is 0 Å². The first-order chi connectivity index (χ1) is 32.8. The number of carbonyl (C=O) groups is 1. The van der Waals surface area contributed by atoms with Gasteiger partial charge in [0.15, 0.2) is 31.5 Å². The highest BCUT2D eigenvalue weighted by Gasteiger charge is 2.56. The van der Waals surface area contributed by atoms with Crippen molar-refractivity contribution < 1.29 is 119 Å². The van der Waals surface area contributed by atoms with Crippen molar-refractivity contribution in [2.45, 2.75) is 265 Å². The Balaban J connectivity index is 1.26. The Morgan fingerprint density at radius 1 is 0.493 bits per heavy atom. The maximum Gasteiger partial charge on any atom is 0.303 e. The van der Waals surface area contributed by atoms with Crippen molar-refractivity contribution in [1.29, 1.82) is 0 Å². The van der Waals surface area contributed by atoms with Gasteiger partial charge in [-0.15, -0.1) is 0 Å². The normalized spacial score (nSPS) is 44.8. The molecule has 5 heterocycles. The zero-order valence-electron chi connectivity index (χ0n) is 39.8. The fourth-order valence-electron chi connectivity index (χ4n) is 9.33. The summed E-state index contributed by atoms with van der Waals surface area (Å²) in [5.41, 5.74) is 0. The molecule has 0 saturated carbocycles. The van der Waals surface area contributed by atoms with Gasteiger partial charge in [0.25, 0.3) is 0 Å².